The van der Waals surface area contributed by atoms with E-state index in [1.54, 1.807) is 11.7 Å². The van der Waals surface area contributed by atoms with E-state index in [4.69, 9.17) is 4.42 Å². The van der Waals surface area contributed by atoms with Crippen molar-refractivity contribution in [2.24, 2.45) is 0 Å². The molecule has 0 saturated carbocycles. The van der Waals surface area contributed by atoms with Gasteiger partial charge in [-0.1, -0.05) is 20.8 Å². The summed E-state index contributed by atoms with van der Waals surface area (Å²) >= 11 is 1.42. The standard InChI is InChI=1S/C14H19N3O2S/c1-9-13(20-8-16-9)17-11(18)5-6-12-15-7-10(19-12)14(2,3)4/h7-8H,5-6H2,1-4H3,(H,17,18). The van der Waals surface area contributed by atoms with Crippen molar-refractivity contribution in [2.75, 3.05) is 5.32 Å². The number of rotatable bonds is 4. The molecule has 0 radical (unpaired) electrons. The summed E-state index contributed by atoms with van der Waals surface area (Å²) in [4.78, 5) is 20.1. The number of carbonyl (C=O) groups is 1. The van der Waals surface area contributed by atoms with Gasteiger partial charge in [-0.25, -0.2) is 9.97 Å². The highest BCUT2D eigenvalue weighted by Gasteiger charge is 2.19. The Morgan fingerprint density at radius 3 is 2.70 bits per heavy atom. The van der Waals surface area contributed by atoms with Crippen LogP contribution in [0.1, 0.15) is 44.5 Å². The van der Waals surface area contributed by atoms with E-state index in [2.05, 4.69) is 36.1 Å². The third-order valence-corrected chi connectivity index (χ3v) is 3.70. The van der Waals surface area contributed by atoms with E-state index in [9.17, 15) is 4.79 Å². The number of hydrogen-bond donors (Lipinski definition) is 1. The van der Waals surface area contributed by atoms with Crippen molar-refractivity contribution in [3.05, 3.63) is 29.1 Å². The lowest BCUT2D eigenvalue weighted by atomic mass is 9.94. The first kappa shape index (κ1) is 14.7. The van der Waals surface area contributed by atoms with Crippen LogP contribution in [0, 0.1) is 6.92 Å². The Labute approximate surface area is 122 Å². The summed E-state index contributed by atoms with van der Waals surface area (Å²) in [6.45, 7) is 8.07. The predicted octanol–water partition coefficient (Wildman–Crippen LogP) is 3.31. The smallest absolute Gasteiger partial charge is 0.225 e. The van der Waals surface area contributed by atoms with Crippen LogP contribution >= 0.6 is 11.3 Å². The van der Waals surface area contributed by atoms with Crippen LogP contribution in [0.4, 0.5) is 5.00 Å². The number of hydrogen-bond acceptors (Lipinski definition) is 5. The number of nitrogens with one attached hydrogen (secondary N) is 1. The lowest BCUT2D eigenvalue weighted by Crippen LogP contribution is -2.12. The number of thiazole rings is 1. The lowest BCUT2D eigenvalue weighted by molar-refractivity contribution is -0.116. The predicted molar refractivity (Wildman–Crippen MR) is 79.0 cm³/mol. The molecular formula is C14H19N3O2S. The summed E-state index contributed by atoms with van der Waals surface area (Å²) in [5.74, 6) is 1.39. The van der Waals surface area contributed by atoms with Gasteiger partial charge < -0.3 is 9.73 Å². The molecule has 0 aliphatic rings. The molecule has 0 bridgehead atoms. The molecule has 20 heavy (non-hydrogen) atoms. The molecule has 1 N–H and O–H groups in total. The van der Waals surface area contributed by atoms with Crippen molar-refractivity contribution >= 4 is 22.2 Å². The minimum absolute atomic E-state index is 0.0483. The van der Waals surface area contributed by atoms with Gasteiger partial charge in [0.15, 0.2) is 5.89 Å². The molecule has 108 valence electrons. The highest BCUT2D eigenvalue weighted by molar-refractivity contribution is 7.14. The zero-order valence-electron chi connectivity index (χ0n) is 12.2. The van der Waals surface area contributed by atoms with E-state index in [-0.39, 0.29) is 11.3 Å². The monoisotopic (exact) mass is 293 g/mol. The number of aryl methyl sites for hydroxylation is 2. The zero-order chi connectivity index (χ0) is 14.8. The van der Waals surface area contributed by atoms with Crippen molar-refractivity contribution in [1.82, 2.24) is 9.97 Å². The van der Waals surface area contributed by atoms with Crippen molar-refractivity contribution in [3.8, 4) is 0 Å². The first-order valence-electron chi connectivity index (χ1n) is 6.51. The summed E-state index contributed by atoms with van der Waals surface area (Å²) in [5, 5.41) is 3.65. The summed E-state index contributed by atoms with van der Waals surface area (Å²) < 4.78 is 5.66. The van der Waals surface area contributed by atoms with Crippen LogP contribution < -0.4 is 5.32 Å². The highest BCUT2D eigenvalue weighted by atomic mass is 32.1. The average Bonchev–Trinajstić information content (AvgIpc) is 2.96. The van der Waals surface area contributed by atoms with Crippen LogP contribution in [0.25, 0.3) is 0 Å². The van der Waals surface area contributed by atoms with Crippen LogP contribution in [-0.4, -0.2) is 15.9 Å². The maximum atomic E-state index is 11.8. The maximum absolute atomic E-state index is 11.8. The van der Waals surface area contributed by atoms with Gasteiger partial charge in [-0.3, -0.25) is 4.79 Å². The summed E-state index contributed by atoms with van der Waals surface area (Å²) in [6, 6.07) is 0. The normalized spacial score (nSPS) is 11.6. The quantitative estimate of drug-likeness (QED) is 0.939. The van der Waals surface area contributed by atoms with Gasteiger partial charge in [0.2, 0.25) is 5.91 Å². The lowest BCUT2D eigenvalue weighted by Gasteiger charge is -2.13. The van der Waals surface area contributed by atoms with Crippen molar-refractivity contribution in [2.45, 2.75) is 46.0 Å². The Bertz CT molecular complexity index is 596. The average molecular weight is 293 g/mol. The SMILES string of the molecule is Cc1ncsc1NC(=O)CCc1ncc(C(C)(C)C)o1. The molecule has 0 aliphatic carbocycles. The third-order valence-electron chi connectivity index (χ3n) is 2.86. The number of amides is 1. The Hall–Kier alpha value is -1.69. The van der Waals surface area contributed by atoms with Crippen LogP contribution in [-0.2, 0) is 16.6 Å². The molecule has 1 amide bonds. The summed E-state index contributed by atoms with van der Waals surface area (Å²) in [7, 11) is 0. The fourth-order valence-electron chi connectivity index (χ4n) is 1.60. The van der Waals surface area contributed by atoms with Crippen molar-refractivity contribution in [1.29, 1.82) is 0 Å². The van der Waals surface area contributed by atoms with Crippen molar-refractivity contribution < 1.29 is 9.21 Å². The number of oxazole rings is 1. The largest absolute Gasteiger partial charge is 0.445 e. The molecule has 2 rings (SSSR count). The molecule has 2 aromatic rings. The van der Waals surface area contributed by atoms with Crippen molar-refractivity contribution in [3.63, 3.8) is 0 Å². The van der Waals surface area contributed by atoms with Crippen LogP contribution in [0.5, 0.6) is 0 Å². The van der Waals surface area contributed by atoms with E-state index < -0.39 is 0 Å². The highest BCUT2D eigenvalue weighted by Crippen LogP contribution is 2.23. The zero-order valence-corrected chi connectivity index (χ0v) is 13.0. The van der Waals surface area contributed by atoms with Gasteiger partial charge >= 0.3 is 0 Å². The minimum atomic E-state index is -0.0622. The Balaban J connectivity index is 1.88. The summed E-state index contributed by atoms with van der Waals surface area (Å²) in [6.07, 6.45) is 2.59. The second kappa shape index (κ2) is 5.75. The first-order chi connectivity index (χ1) is 9.36. The second-order valence-corrected chi connectivity index (χ2v) is 6.54. The molecule has 0 unspecified atom stereocenters. The minimum Gasteiger partial charge on any atom is -0.445 e. The van der Waals surface area contributed by atoms with Gasteiger partial charge in [0, 0.05) is 18.3 Å². The third kappa shape index (κ3) is 3.66. The van der Waals surface area contributed by atoms with Crippen LogP contribution in [0.2, 0.25) is 0 Å². The van der Waals surface area contributed by atoms with Gasteiger partial charge in [-0.2, -0.15) is 0 Å². The van der Waals surface area contributed by atoms with E-state index >= 15 is 0 Å². The summed E-state index contributed by atoms with van der Waals surface area (Å²) in [5.41, 5.74) is 2.50. The second-order valence-electron chi connectivity index (χ2n) is 5.68. The number of anilines is 1. The van der Waals surface area contributed by atoms with E-state index in [0.717, 1.165) is 16.5 Å². The molecule has 0 atom stereocenters. The van der Waals surface area contributed by atoms with Gasteiger partial charge in [0.1, 0.15) is 10.8 Å². The fourth-order valence-corrected chi connectivity index (χ4v) is 2.32. The van der Waals surface area contributed by atoms with Gasteiger partial charge in [0.25, 0.3) is 0 Å². The van der Waals surface area contributed by atoms with Crippen LogP contribution in [0.15, 0.2) is 16.1 Å². The number of carbonyl (C=O) groups excluding carboxylic acids is 1. The van der Waals surface area contributed by atoms with Gasteiger partial charge in [0.05, 0.1) is 17.4 Å². The van der Waals surface area contributed by atoms with E-state index in [0.29, 0.717) is 18.7 Å². The first-order valence-corrected chi connectivity index (χ1v) is 7.39. The number of aromatic nitrogens is 2. The molecular weight excluding hydrogens is 274 g/mol. The van der Waals surface area contributed by atoms with E-state index in [1.807, 2.05) is 6.92 Å². The molecule has 2 heterocycles. The topological polar surface area (TPSA) is 68.0 Å². The molecule has 0 aromatic carbocycles. The fraction of sp³-hybridized carbons (Fsp3) is 0.500. The number of nitrogens with zero attached hydrogens (tertiary/aromatic N) is 2. The maximum Gasteiger partial charge on any atom is 0.225 e. The van der Waals surface area contributed by atoms with E-state index in [1.165, 1.54) is 11.3 Å². The Kier molecular flexibility index (Phi) is 4.23. The molecule has 0 spiro atoms. The Morgan fingerprint density at radius 1 is 1.40 bits per heavy atom. The van der Waals surface area contributed by atoms with Gasteiger partial charge in [-0.15, -0.1) is 11.3 Å². The van der Waals surface area contributed by atoms with Crippen LogP contribution in [0.3, 0.4) is 0 Å². The molecule has 0 aliphatic heterocycles. The molecule has 6 heteroatoms. The molecule has 2 aromatic heterocycles. The molecule has 0 fully saturated rings. The molecule has 5 nitrogen and oxygen atoms in total. The van der Waals surface area contributed by atoms with Gasteiger partial charge in [-0.05, 0) is 6.92 Å². The molecule has 0 saturated heterocycles. The Morgan fingerprint density at radius 2 is 2.15 bits per heavy atom.